The molecule has 5 nitrogen and oxygen atoms in total. The monoisotopic (exact) mass is 606 g/mol. The SMILES string of the molecule is CC(C)(C)CC[N-][C@@H]1CCCC[C@H]1[N-]CCC(C)(C)C.CC[C@@H](O)[C@H](O)CC.[O]=[Os]. The Morgan fingerprint density at radius 2 is 1.07 bits per heavy atom. The fraction of sp³-hybridized carbons (Fsp3) is 1.00. The minimum atomic E-state index is -0.528. The molecule has 6 heteroatoms. The molecule has 0 radical (unpaired) electrons. The van der Waals surface area contributed by atoms with Gasteiger partial charge < -0.3 is 20.8 Å². The van der Waals surface area contributed by atoms with E-state index in [1.165, 1.54) is 38.5 Å². The molecule has 0 aromatic heterocycles. The predicted molar refractivity (Wildman–Crippen MR) is 124 cm³/mol. The first-order valence-corrected chi connectivity index (χ1v) is 12.8. The van der Waals surface area contributed by atoms with Gasteiger partial charge >= 0.3 is 22.1 Å². The van der Waals surface area contributed by atoms with Gasteiger partial charge in [-0.15, -0.1) is 13.1 Å². The summed E-state index contributed by atoms with van der Waals surface area (Å²) in [4.78, 5) is 0. The summed E-state index contributed by atoms with van der Waals surface area (Å²) in [5, 5.41) is 27.7. The first kappa shape index (κ1) is 32.5. The third-order valence-electron chi connectivity index (χ3n) is 5.43. The number of aliphatic hydroxyl groups excluding tert-OH is 2. The Kier molecular flexibility index (Phi) is 19.2. The van der Waals surface area contributed by atoms with Gasteiger partial charge in [-0.3, -0.25) is 0 Å². The van der Waals surface area contributed by atoms with Crippen molar-refractivity contribution in [2.24, 2.45) is 10.8 Å². The van der Waals surface area contributed by atoms with E-state index in [1.54, 1.807) is 0 Å². The van der Waals surface area contributed by atoms with Crippen LogP contribution in [0.1, 0.15) is 107 Å². The molecule has 1 aliphatic carbocycles. The maximum atomic E-state index is 8.88. The number of rotatable bonds is 9. The minimum absolute atomic E-state index is 0.400. The van der Waals surface area contributed by atoms with Crippen molar-refractivity contribution in [3.05, 3.63) is 10.6 Å². The van der Waals surface area contributed by atoms with Gasteiger partial charge in [0.05, 0.1) is 12.2 Å². The van der Waals surface area contributed by atoms with Crippen LogP contribution in [-0.2, 0) is 22.1 Å². The summed E-state index contributed by atoms with van der Waals surface area (Å²) in [5.41, 5.74) is 0.800. The molecule has 0 aliphatic heterocycles. The van der Waals surface area contributed by atoms with Crippen molar-refractivity contribution in [3.63, 3.8) is 0 Å². The molecule has 30 heavy (non-hydrogen) atoms. The van der Waals surface area contributed by atoms with Gasteiger partial charge in [-0.1, -0.05) is 93.9 Å². The number of nitrogens with zero attached hydrogens (tertiary/aromatic N) is 2. The quantitative estimate of drug-likeness (QED) is 0.323. The Hall–Kier alpha value is 0.276. The first-order chi connectivity index (χ1) is 13.9. The Morgan fingerprint density at radius 1 is 0.767 bits per heavy atom. The molecule has 0 saturated heterocycles. The maximum absolute atomic E-state index is 8.88. The standard InChI is InChI=1S/C18H36N2.C6H14O2.O.Os/c1-17(2,3)11-13-19-15-9-7-8-10-16(15)20-14-12-18(4,5)6;1-3-5(7)6(8)4-2;;/h15-16H,7-14H2,1-6H3;5-8H,3-4H2,1-2H3;;/q-2;;;/t15-,16-;5-,6-;;/m11../s1. The third-order valence-corrected chi connectivity index (χ3v) is 5.43. The zero-order valence-corrected chi connectivity index (χ0v) is 23.5. The summed E-state index contributed by atoms with van der Waals surface area (Å²) in [5.74, 6) is 0. The summed E-state index contributed by atoms with van der Waals surface area (Å²) >= 11 is 0.611. The van der Waals surface area contributed by atoms with Crippen LogP contribution in [0.3, 0.4) is 0 Å². The van der Waals surface area contributed by atoms with Crippen LogP contribution in [0.5, 0.6) is 0 Å². The molecule has 0 bridgehead atoms. The topological polar surface area (TPSA) is 85.7 Å². The van der Waals surface area contributed by atoms with Crippen molar-refractivity contribution < 1.29 is 32.3 Å². The molecular weight excluding hydrogens is 555 g/mol. The number of hydrogen-bond donors (Lipinski definition) is 2. The van der Waals surface area contributed by atoms with E-state index < -0.39 is 12.2 Å². The molecule has 0 heterocycles. The van der Waals surface area contributed by atoms with E-state index in [0.29, 0.717) is 54.3 Å². The van der Waals surface area contributed by atoms with E-state index in [4.69, 9.17) is 24.4 Å². The van der Waals surface area contributed by atoms with Gasteiger partial charge in [-0.05, 0) is 23.7 Å². The van der Waals surface area contributed by atoms with Crippen LogP contribution >= 0.6 is 0 Å². The van der Waals surface area contributed by atoms with Crippen molar-refractivity contribution in [2.45, 2.75) is 131 Å². The fourth-order valence-corrected chi connectivity index (χ4v) is 3.19. The Labute approximate surface area is 197 Å². The van der Waals surface area contributed by atoms with Gasteiger partial charge in [0, 0.05) is 0 Å². The third kappa shape index (κ3) is 19.0. The van der Waals surface area contributed by atoms with Crippen molar-refractivity contribution in [2.75, 3.05) is 13.1 Å². The molecule has 1 saturated carbocycles. The molecule has 4 atom stereocenters. The number of aliphatic hydroxyl groups is 2. The number of hydrogen-bond acceptors (Lipinski definition) is 3. The van der Waals surface area contributed by atoms with Crippen molar-refractivity contribution in [1.82, 2.24) is 0 Å². The molecule has 0 aromatic rings. The average molecular weight is 605 g/mol. The normalized spacial score (nSPS) is 21.6. The molecule has 184 valence electrons. The van der Waals surface area contributed by atoms with Gasteiger partial charge in [0.1, 0.15) is 0 Å². The zero-order valence-electron chi connectivity index (χ0n) is 20.9. The molecule has 0 unspecified atom stereocenters. The van der Waals surface area contributed by atoms with Crippen molar-refractivity contribution in [3.8, 4) is 0 Å². The molecule has 0 amide bonds. The molecule has 1 fully saturated rings. The molecule has 1 aliphatic rings. The van der Waals surface area contributed by atoms with E-state index in [9.17, 15) is 0 Å². The summed E-state index contributed by atoms with van der Waals surface area (Å²) in [7, 11) is 0. The van der Waals surface area contributed by atoms with Gasteiger partial charge in [-0.25, -0.2) is 0 Å². The zero-order chi connectivity index (χ0) is 23.8. The molecule has 1 rings (SSSR count). The van der Waals surface area contributed by atoms with Gasteiger partial charge in [0.25, 0.3) is 0 Å². The van der Waals surface area contributed by atoms with E-state index >= 15 is 0 Å². The van der Waals surface area contributed by atoms with Gasteiger partial charge in [0.2, 0.25) is 0 Å². The summed E-state index contributed by atoms with van der Waals surface area (Å²) < 4.78 is 8.28. The second kappa shape index (κ2) is 17.8. The molecule has 2 N–H and O–H groups in total. The van der Waals surface area contributed by atoms with Crippen molar-refractivity contribution in [1.29, 1.82) is 0 Å². The molecule has 0 spiro atoms. The van der Waals surface area contributed by atoms with Gasteiger partial charge in [0.15, 0.2) is 0 Å². The summed E-state index contributed by atoms with van der Waals surface area (Å²) in [6, 6.07) is 1.01. The van der Waals surface area contributed by atoms with E-state index in [0.717, 1.165) is 13.1 Å². The van der Waals surface area contributed by atoms with Crippen LogP contribution in [0.4, 0.5) is 0 Å². The first-order valence-electron chi connectivity index (χ1n) is 11.7. The molecule has 0 aromatic carbocycles. The van der Waals surface area contributed by atoms with Crippen LogP contribution in [0.25, 0.3) is 10.6 Å². The Bertz CT molecular complexity index is 361. The Morgan fingerprint density at radius 3 is 1.30 bits per heavy atom. The summed E-state index contributed by atoms with van der Waals surface area (Å²) in [6.45, 7) is 19.5. The predicted octanol–water partition coefficient (Wildman–Crippen LogP) is 6.32. The van der Waals surface area contributed by atoms with E-state index in [-0.39, 0.29) is 0 Å². The van der Waals surface area contributed by atoms with E-state index in [2.05, 4.69) is 41.5 Å². The van der Waals surface area contributed by atoms with Crippen LogP contribution < -0.4 is 0 Å². The van der Waals surface area contributed by atoms with Crippen LogP contribution in [0.15, 0.2) is 0 Å². The van der Waals surface area contributed by atoms with Gasteiger partial charge in [-0.2, -0.15) is 12.1 Å². The van der Waals surface area contributed by atoms with Crippen molar-refractivity contribution >= 4 is 0 Å². The molecular formula is C24H50N2O3Os-2. The van der Waals surface area contributed by atoms with Crippen LogP contribution in [-0.4, -0.2) is 47.6 Å². The fourth-order valence-electron chi connectivity index (χ4n) is 3.19. The average Bonchev–Trinajstić information content (AvgIpc) is 2.68. The Balaban J connectivity index is 0. The van der Waals surface area contributed by atoms with E-state index in [1.807, 2.05) is 13.8 Å². The van der Waals surface area contributed by atoms with Crippen LogP contribution in [0.2, 0.25) is 0 Å². The second-order valence-corrected chi connectivity index (χ2v) is 10.8. The second-order valence-electron chi connectivity index (χ2n) is 10.8. The van der Waals surface area contributed by atoms with Crippen LogP contribution in [0, 0.1) is 10.8 Å². The summed E-state index contributed by atoms with van der Waals surface area (Å²) in [6.07, 6.45) is 7.80.